The highest BCUT2D eigenvalue weighted by atomic mass is 16.3. The first kappa shape index (κ1) is 72.1. The molecule has 0 aliphatic carbocycles. The van der Waals surface area contributed by atoms with Gasteiger partial charge < -0.3 is 31.5 Å². The van der Waals surface area contributed by atoms with Crippen LogP contribution in [0.4, 0.5) is 69.3 Å². The molecule has 0 bridgehead atoms. The molecule has 0 saturated heterocycles. The molecule has 112 heavy (non-hydrogen) atoms. The van der Waals surface area contributed by atoms with Gasteiger partial charge in [0.25, 0.3) is 0 Å². The second-order valence-electron chi connectivity index (χ2n) is 30.2. The Balaban J connectivity index is 0.000000165. The first-order valence-electron chi connectivity index (χ1n) is 39.4. The molecule has 0 spiro atoms. The molecule has 4 aliphatic rings. The Kier molecular flexibility index (Phi) is 20.4. The molecule has 0 saturated carbocycles. The molecule has 26 heteroatoms. The smallest absolute Gasteiger partial charge is 0.422 e. The highest BCUT2D eigenvalue weighted by Crippen LogP contribution is 2.42. The zero-order chi connectivity index (χ0) is 76.3. The SMILES string of the molecule is C[n+]1c(N=Nc2cc3c4c(c2)CCCN4CCC3)n(CCCn2cc[n+](CCCn3c(N=Nc4cc5c6c(c4)CCCN6CCC5)[n+](C)c4ccccc43)c2)c2ccccc21.C[n+]1ccn(CCCn2cc[n+](CCCn3cc[n+](C)c3N=Nc3ccc(N)c4cc(O)ccc34)c2)c1N=Nc1ccc(N)c2cc(O)ccc12. The van der Waals surface area contributed by atoms with Crippen molar-refractivity contribution in [2.24, 2.45) is 69.1 Å². The number of azo groups is 4. The molecule has 18 rings (SSSR count). The fourth-order valence-electron chi connectivity index (χ4n) is 17.1. The van der Waals surface area contributed by atoms with Crippen molar-refractivity contribution < 1.29 is 37.6 Å². The van der Waals surface area contributed by atoms with Gasteiger partial charge >= 0.3 is 23.8 Å². The number of phenols is 2. The van der Waals surface area contributed by atoms with Crippen molar-refractivity contribution in [2.75, 3.05) is 47.4 Å². The standard InChI is InChI=1S/C49H57N12.C37H38N12O2/c1-54-42-17-3-5-19-44(42)60(48(54)52-50-40-31-36-13-7-23-58-24-8-14-37(32-40)46(36)58)27-11-21-56-29-30-57(35-56)22-12-28-61-45-20-6-4-18-43(45)55(2)49(61)53-51-41-33-38-15-9-25-59-26-10-16-39(34-41)47(38)59;1-44-17-21-48(36(44)42-40-34-11-9-32(38)30-23-26(50)5-7-28(30)34)15-3-13-46-19-20-47(25-46)14-4-16-49-22-18-45(2)37(49)43-41-35-12-10-33(39)31-24-27(51)6-8-29(31)35/h3-6,17-20,29-35H,7-16,21-28H2,1-2H3;5-12,17-25,38-39H,3-4,13-16H2,1-2H3,(H-,40,41,50,51)/q+3;/p+3. The molecule has 0 fully saturated rings. The van der Waals surface area contributed by atoms with E-state index in [4.69, 9.17) is 31.9 Å². The van der Waals surface area contributed by atoms with E-state index in [0.29, 0.717) is 22.7 Å². The molecule has 8 aromatic carbocycles. The molecule has 4 aliphatic heterocycles. The summed E-state index contributed by atoms with van der Waals surface area (Å²) in [5.41, 5.74) is 30.1. The van der Waals surface area contributed by atoms with E-state index >= 15 is 0 Å². The highest BCUT2D eigenvalue weighted by Gasteiger charge is 2.30. The zero-order valence-electron chi connectivity index (χ0n) is 64.3. The number of aryl methyl sites for hydroxylation is 16. The van der Waals surface area contributed by atoms with Gasteiger partial charge in [0.15, 0.2) is 0 Å². The van der Waals surface area contributed by atoms with Crippen LogP contribution in [0, 0.1) is 0 Å². The van der Waals surface area contributed by atoms with Crippen molar-refractivity contribution in [2.45, 2.75) is 129 Å². The van der Waals surface area contributed by atoms with E-state index in [1.54, 1.807) is 36.4 Å². The number of aromatic nitrogens is 12. The third-order valence-electron chi connectivity index (χ3n) is 22.6. The predicted octanol–water partition coefficient (Wildman–Crippen LogP) is 14.7. The van der Waals surface area contributed by atoms with Crippen molar-refractivity contribution in [3.8, 4) is 11.5 Å². The molecule has 0 amide bonds. The van der Waals surface area contributed by atoms with Gasteiger partial charge in [-0.2, -0.15) is 0 Å². The van der Waals surface area contributed by atoms with E-state index in [-0.39, 0.29) is 11.5 Å². The molecule has 6 N–H and O–H groups in total. The van der Waals surface area contributed by atoms with E-state index < -0.39 is 0 Å². The van der Waals surface area contributed by atoms with E-state index in [1.165, 1.54) is 108 Å². The summed E-state index contributed by atoms with van der Waals surface area (Å²) < 4.78 is 26.2. The summed E-state index contributed by atoms with van der Waals surface area (Å²) in [5, 5.41) is 60.9. The number of nitrogen functional groups attached to an aromatic ring is 2. The van der Waals surface area contributed by atoms with Crippen molar-refractivity contribution in [3.63, 3.8) is 0 Å². The second kappa shape index (κ2) is 31.7. The molecular weight excluding hydrogens is 1400 g/mol. The number of rotatable bonds is 24. The molecule has 0 radical (unpaired) electrons. The molecule has 14 aromatic rings. The lowest BCUT2D eigenvalue weighted by molar-refractivity contribution is -0.697. The number of imidazole rings is 6. The number of benzene rings is 8. The number of anilines is 4. The van der Waals surface area contributed by atoms with E-state index in [1.807, 2.05) is 72.3 Å². The van der Waals surface area contributed by atoms with Gasteiger partial charge in [0.1, 0.15) is 81.1 Å². The number of hydrogen-bond acceptors (Lipinski definition) is 14. The lowest BCUT2D eigenvalue weighted by atomic mass is 9.91. The molecule has 10 heterocycles. The maximum atomic E-state index is 9.90. The Morgan fingerprint density at radius 2 is 0.786 bits per heavy atom. The number of hydrogen-bond donors (Lipinski definition) is 4. The van der Waals surface area contributed by atoms with E-state index in [9.17, 15) is 10.2 Å². The Bertz CT molecular complexity index is 5560. The Morgan fingerprint density at radius 3 is 1.24 bits per heavy atom. The van der Waals surface area contributed by atoms with Crippen LogP contribution in [0.2, 0.25) is 0 Å². The lowest BCUT2D eigenvalue weighted by Crippen LogP contribution is -2.34. The summed E-state index contributed by atoms with van der Waals surface area (Å²) in [6.07, 6.45) is 34.1. The fraction of sp³-hybridized carbons (Fsp3) is 0.326. The van der Waals surface area contributed by atoms with Crippen molar-refractivity contribution in [3.05, 3.63) is 218 Å². The van der Waals surface area contributed by atoms with E-state index in [2.05, 4.69) is 200 Å². The Hall–Kier alpha value is -12.7. The van der Waals surface area contributed by atoms with Crippen LogP contribution < -0.4 is 48.7 Å². The maximum Gasteiger partial charge on any atom is 0.422 e. The van der Waals surface area contributed by atoms with Crippen LogP contribution in [0.3, 0.4) is 0 Å². The van der Waals surface area contributed by atoms with Crippen LogP contribution in [0.15, 0.2) is 237 Å². The summed E-state index contributed by atoms with van der Waals surface area (Å²) in [4.78, 5) is 5.16. The molecule has 0 atom stereocenters. The minimum atomic E-state index is 0.158. The van der Waals surface area contributed by atoms with Gasteiger partial charge in [-0.25, -0.2) is 54.8 Å². The summed E-state index contributed by atoms with van der Waals surface area (Å²) in [7, 11) is 8.12. The number of phenolic OH excluding ortho intramolecular Hbond substituents is 2. The van der Waals surface area contributed by atoms with Crippen LogP contribution in [-0.2, 0) is 106 Å². The minimum Gasteiger partial charge on any atom is -0.508 e. The monoisotopic (exact) mass is 1500 g/mol. The Morgan fingerprint density at radius 1 is 0.384 bits per heavy atom. The van der Waals surface area contributed by atoms with Crippen molar-refractivity contribution in [1.82, 2.24) is 27.4 Å². The molecule has 568 valence electrons. The second-order valence-corrected chi connectivity index (χ2v) is 30.2. The largest absolute Gasteiger partial charge is 0.508 e. The number of nitrogens with zero attached hydrogens (tertiary/aromatic N) is 22. The number of fused-ring (bicyclic) bond motifs is 4. The quantitative estimate of drug-likeness (QED) is 0.0260. The van der Waals surface area contributed by atoms with Gasteiger partial charge in [-0.3, -0.25) is 0 Å². The zero-order valence-corrected chi connectivity index (χ0v) is 64.3. The normalized spacial score (nSPS) is 14.2. The van der Waals surface area contributed by atoms with Gasteiger partial charge in [-0.1, -0.05) is 44.7 Å². The summed E-state index contributed by atoms with van der Waals surface area (Å²) >= 11 is 0. The van der Waals surface area contributed by atoms with Gasteiger partial charge in [-0.15, -0.1) is 0 Å². The van der Waals surface area contributed by atoms with Crippen LogP contribution in [0.5, 0.6) is 11.5 Å². The molecule has 6 aromatic heterocycles. The van der Waals surface area contributed by atoms with Crippen LogP contribution in [0.1, 0.15) is 73.6 Å². The van der Waals surface area contributed by atoms with Crippen LogP contribution in [-0.4, -0.2) is 63.8 Å². The minimum absolute atomic E-state index is 0.158. The fourth-order valence-corrected chi connectivity index (χ4v) is 17.1. The van der Waals surface area contributed by atoms with E-state index in [0.717, 1.165) is 160 Å². The van der Waals surface area contributed by atoms with Crippen molar-refractivity contribution in [1.29, 1.82) is 0 Å². The number of para-hydroxylation sites is 4. The average molecular weight is 1500 g/mol. The van der Waals surface area contributed by atoms with Crippen LogP contribution >= 0.6 is 0 Å². The van der Waals surface area contributed by atoms with Gasteiger partial charge in [-0.05, 0) is 183 Å². The predicted molar refractivity (Wildman–Crippen MR) is 433 cm³/mol. The number of aromatic hydroxyl groups is 2. The van der Waals surface area contributed by atoms with Crippen molar-refractivity contribution >= 4 is 113 Å². The summed E-state index contributed by atoms with van der Waals surface area (Å²) in [6, 6.07) is 43.7. The summed E-state index contributed by atoms with van der Waals surface area (Å²) in [5.74, 6) is 3.55. The first-order valence-corrected chi connectivity index (χ1v) is 39.4. The van der Waals surface area contributed by atoms with Gasteiger partial charge in [0, 0.05) is 117 Å². The summed E-state index contributed by atoms with van der Waals surface area (Å²) in [6.45, 7) is 11.5. The van der Waals surface area contributed by atoms with Gasteiger partial charge in [0.05, 0.1) is 105 Å². The lowest BCUT2D eigenvalue weighted by Gasteiger charge is -2.36. The average Bonchev–Trinajstić information content (AvgIpc) is 1.27. The molecular formula is C86H98N24O2+6. The Labute approximate surface area is 650 Å². The molecule has 0 unspecified atom stereocenters. The van der Waals surface area contributed by atoms with Crippen LogP contribution in [0.25, 0.3) is 43.6 Å². The highest BCUT2D eigenvalue weighted by molar-refractivity contribution is 6.01. The third-order valence-corrected chi connectivity index (χ3v) is 22.6. The third kappa shape index (κ3) is 15.0. The first-order chi connectivity index (χ1) is 54.8. The molecule has 26 nitrogen and oxygen atoms in total. The number of nitrogens with two attached hydrogens (primary N) is 2. The van der Waals surface area contributed by atoms with Gasteiger partial charge in [0.2, 0.25) is 12.7 Å². The maximum absolute atomic E-state index is 9.90. The topological polar surface area (TPSA) is 251 Å².